The monoisotopic (exact) mass is 375 g/mol. The van der Waals surface area contributed by atoms with Gasteiger partial charge in [-0.05, 0) is 52.4 Å². The molecule has 0 saturated heterocycles. The number of hydroxylamine groups is 1. The molecule has 0 rings (SSSR count). The number of aliphatic hydroxyl groups is 2. The van der Waals surface area contributed by atoms with E-state index in [9.17, 15) is 19.8 Å². The van der Waals surface area contributed by atoms with Crippen LogP contribution in [0, 0.1) is 22.2 Å². The third-order valence-corrected chi connectivity index (χ3v) is 5.37. The van der Waals surface area contributed by atoms with E-state index in [0.717, 1.165) is 0 Å². The molecule has 0 aliphatic carbocycles. The minimum Gasteiger partial charge on any atom is -0.390 e. The van der Waals surface area contributed by atoms with E-state index >= 15 is 0 Å². The summed E-state index contributed by atoms with van der Waals surface area (Å²) < 4.78 is 0. The molecule has 6 heteroatoms. The Kier molecular flexibility index (Phi) is 8.76. The van der Waals surface area contributed by atoms with Gasteiger partial charge in [0, 0.05) is 0 Å². The van der Waals surface area contributed by atoms with Crippen LogP contribution in [0.3, 0.4) is 0 Å². The lowest BCUT2D eigenvalue weighted by Crippen LogP contribution is -2.54. The highest BCUT2D eigenvalue weighted by Gasteiger charge is 2.52. The van der Waals surface area contributed by atoms with Gasteiger partial charge in [-0.2, -0.15) is 0 Å². The van der Waals surface area contributed by atoms with E-state index in [2.05, 4.69) is 0 Å². The van der Waals surface area contributed by atoms with E-state index in [0.29, 0.717) is 0 Å². The largest absolute Gasteiger partial charge is 0.390 e. The molecule has 2 atom stereocenters. The molecule has 2 unspecified atom stereocenters. The number of carbonyl (C=O) groups excluding carboxylic acids is 2. The highest BCUT2D eigenvalue weighted by molar-refractivity contribution is 5.84. The lowest BCUT2D eigenvalue weighted by Gasteiger charge is -2.48. The van der Waals surface area contributed by atoms with Crippen LogP contribution in [0.15, 0.2) is 0 Å². The van der Waals surface area contributed by atoms with Crippen LogP contribution in [0.4, 0.5) is 0 Å². The van der Waals surface area contributed by atoms with Gasteiger partial charge in [-0.3, -0.25) is 14.8 Å². The van der Waals surface area contributed by atoms with E-state index in [1.807, 2.05) is 48.5 Å². The molecular formula is C20H41NO5. The Labute approximate surface area is 159 Å². The standard InChI is InChI=1S/C11H22O2.C9H19NO3/c1-8(12)11(7,9(2,3)4)10(5,6)13;1-8(2,3)6(7(11)10-13)9(4,5)12/h13H,1-7H3;6,12-13H,1-5H3,(H,10,11). The molecule has 1 amide bonds. The zero-order valence-electron chi connectivity index (χ0n) is 18.7. The van der Waals surface area contributed by atoms with Crippen molar-refractivity contribution in [1.82, 2.24) is 5.48 Å². The first-order valence-electron chi connectivity index (χ1n) is 8.95. The third-order valence-electron chi connectivity index (χ3n) is 5.37. The summed E-state index contributed by atoms with van der Waals surface area (Å²) in [7, 11) is 0. The number of rotatable bonds is 4. The van der Waals surface area contributed by atoms with Crippen molar-refractivity contribution >= 4 is 11.7 Å². The van der Waals surface area contributed by atoms with Gasteiger partial charge in [0.1, 0.15) is 5.78 Å². The normalized spacial score (nSPS) is 16.7. The van der Waals surface area contributed by atoms with Crippen LogP contribution < -0.4 is 5.48 Å². The SMILES string of the molecule is CC(=O)C(C)(C(C)(C)C)C(C)(C)O.CC(C)(C)C(C(=O)NO)C(C)(C)O. The maximum absolute atomic E-state index is 11.6. The Morgan fingerprint density at radius 1 is 0.808 bits per heavy atom. The molecule has 4 N–H and O–H groups in total. The van der Waals surface area contributed by atoms with Gasteiger partial charge in [0.2, 0.25) is 5.91 Å². The van der Waals surface area contributed by atoms with Gasteiger partial charge < -0.3 is 10.2 Å². The summed E-state index contributed by atoms with van der Waals surface area (Å²) in [4.78, 5) is 22.9. The van der Waals surface area contributed by atoms with Crippen LogP contribution in [0.5, 0.6) is 0 Å². The summed E-state index contributed by atoms with van der Waals surface area (Å²) in [5.41, 5.74) is -1.90. The quantitative estimate of drug-likeness (QED) is 0.445. The zero-order chi connectivity index (χ0) is 21.9. The Morgan fingerprint density at radius 2 is 1.15 bits per heavy atom. The van der Waals surface area contributed by atoms with Crippen molar-refractivity contribution in [3.63, 3.8) is 0 Å². The average Bonchev–Trinajstić information content (AvgIpc) is 2.31. The average molecular weight is 376 g/mol. The number of ketones is 1. The molecule has 0 aromatic heterocycles. The van der Waals surface area contributed by atoms with E-state index in [1.165, 1.54) is 0 Å². The first kappa shape index (κ1) is 27.2. The summed E-state index contributed by atoms with van der Waals surface area (Å²) in [5, 5.41) is 28.3. The maximum Gasteiger partial charge on any atom is 0.249 e. The summed E-state index contributed by atoms with van der Waals surface area (Å²) in [6.45, 7) is 21.3. The summed E-state index contributed by atoms with van der Waals surface area (Å²) in [6.07, 6.45) is 0. The number of Topliss-reactive ketones (excluding diaryl/α,β-unsaturated/α-hetero) is 1. The van der Waals surface area contributed by atoms with Gasteiger partial charge in [0.25, 0.3) is 0 Å². The number of carbonyl (C=O) groups is 2. The highest BCUT2D eigenvalue weighted by Crippen LogP contribution is 2.47. The Bertz CT molecular complexity index is 454. The first-order valence-corrected chi connectivity index (χ1v) is 8.95. The fourth-order valence-electron chi connectivity index (χ4n) is 3.71. The van der Waals surface area contributed by atoms with Gasteiger partial charge in [0.05, 0.1) is 22.5 Å². The number of nitrogens with one attached hydrogen (secondary N) is 1. The highest BCUT2D eigenvalue weighted by atomic mass is 16.5. The maximum atomic E-state index is 11.6. The molecule has 0 saturated carbocycles. The van der Waals surface area contributed by atoms with Crippen molar-refractivity contribution in [3.8, 4) is 0 Å². The predicted octanol–water partition coefficient (Wildman–Crippen LogP) is 3.32. The Hall–Kier alpha value is -0.980. The van der Waals surface area contributed by atoms with Crippen LogP contribution in [-0.4, -0.2) is 38.3 Å². The summed E-state index contributed by atoms with van der Waals surface area (Å²) in [5.74, 6) is -1.17. The van der Waals surface area contributed by atoms with Crippen LogP contribution >= 0.6 is 0 Å². The van der Waals surface area contributed by atoms with Crippen LogP contribution in [0.1, 0.15) is 83.1 Å². The van der Waals surface area contributed by atoms with Crippen molar-refractivity contribution in [2.45, 2.75) is 94.3 Å². The van der Waals surface area contributed by atoms with Crippen molar-refractivity contribution in [2.75, 3.05) is 0 Å². The van der Waals surface area contributed by atoms with Gasteiger partial charge in [-0.25, -0.2) is 5.48 Å². The van der Waals surface area contributed by atoms with Crippen molar-refractivity contribution in [2.24, 2.45) is 22.2 Å². The molecule has 0 aromatic rings. The lowest BCUT2D eigenvalue weighted by atomic mass is 9.58. The molecule has 0 heterocycles. The first-order chi connectivity index (χ1) is 11.0. The molecular weight excluding hydrogens is 334 g/mol. The van der Waals surface area contributed by atoms with Crippen molar-refractivity contribution in [1.29, 1.82) is 0 Å². The van der Waals surface area contributed by atoms with E-state index in [-0.39, 0.29) is 11.2 Å². The van der Waals surface area contributed by atoms with E-state index in [4.69, 9.17) is 5.21 Å². The Morgan fingerprint density at radius 3 is 1.19 bits per heavy atom. The third kappa shape index (κ3) is 6.63. The van der Waals surface area contributed by atoms with Gasteiger partial charge in [-0.1, -0.05) is 41.5 Å². The molecule has 0 spiro atoms. The smallest absolute Gasteiger partial charge is 0.249 e. The number of hydrogen-bond acceptors (Lipinski definition) is 5. The van der Waals surface area contributed by atoms with Crippen LogP contribution in [0.2, 0.25) is 0 Å². The van der Waals surface area contributed by atoms with Crippen LogP contribution in [0.25, 0.3) is 0 Å². The van der Waals surface area contributed by atoms with Crippen LogP contribution in [-0.2, 0) is 9.59 Å². The minimum absolute atomic E-state index is 0.0347. The molecule has 0 radical (unpaired) electrons. The fraction of sp³-hybridized carbons (Fsp3) is 0.900. The fourth-order valence-corrected chi connectivity index (χ4v) is 3.71. The second kappa shape index (κ2) is 8.36. The molecule has 0 fully saturated rings. The molecule has 6 nitrogen and oxygen atoms in total. The van der Waals surface area contributed by atoms with Crippen molar-refractivity contribution < 1.29 is 25.0 Å². The molecule has 0 aliphatic heterocycles. The number of hydrogen-bond donors (Lipinski definition) is 4. The van der Waals surface area contributed by atoms with Gasteiger partial charge in [-0.15, -0.1) is 0 Å². The van der Waals surface area contributed by atoms with Gasteiger partial charge in [0.15, 0.2) is 0 Å². The van der Waals surface area contributed by atoms with E-state index in [1.54, 1.807) is 40.1 Å². The topological polar surface area (TPSA) is 107 Å². The summed E-state index contributed by atoms with van der Waals surface area (Å²) in [6, 6.07) is 0. The Balaban J connectivity index is 0. The minimum atomic E-state index is -1.15. The second-order valence-corrected chi connectivity index (χ2v) is 10.4. The van der Waals surface area contributed by atoms with Gasteiger partial charge >= 0.3 is 0 Å². The molecule has 0 aliphatic rings. The molecule has 156 valence electrons. The predicted molar refractivity (Wildman–Crippen MR) is 104 cm³/mol. The van der Waals surface area contributed by atoms with Crippen molar-refractivity contribution in [3.05, 3.63) is 0 Å². The lowest BCUT2D eigenvalue weighted by molar-refractivity contribution is -0.155. The molecule has 0 bridgehead atoms. The zero-order valence-corrected chi connectivity index (χ0v) is 18.7. The van der Waals surface area contributed by atoms with E-state index < -0.39 is 33.9 Å². The second-order valence-electron chi connectivity index (χ2n) is 10.4. The molecule has 0 aromatic carbocycles. The summed E-state index contributed by atoms with van der Waals surface area (Å²) >= 11 is 0. The molecule has 26 heavy (non-hydrogen) atoms. The number of amides is 1.